The van der Waals surface area contributed by atoms with Crippen LogP contribution in [0.3, 0.4) is 0 Å². The van der Waals surface area contributed by atoms with Gasteiger partial charge in [-0.15, -0.1) is 0 Å². The molecule has 1 aliphatic heterocycles. The number of nitrogens with zero attached hydrogens (tertiary/aromatic N) is 1. The minimum absolute atomic E-state index is 0.146. The molecule has 0 aromatic carbocycles. The molecule has 0 amide bonds. The number of piperidine rings is 1. The van der Waals surface area contributed by atoms with E-state index in [4.69, 9.17) is 10.5 Å². The second kappa shape index (κ2) is 7.02. The van der Waals surface area contributed by atoms with Gasteiger partial charge >= 0.3 is 0 Å². The van der Waals surface area contributed by atoms with Crippen molar-refractivity contribution in [3.05, 3.63) is 0 Å². The quantitative estimate of drug-likeness (QED) is 0.762. The second-order valence-electron chi connectivity index (χ2n) is 6.51. The lowest BCUT2D eigenvalue weighted by molar-refractivity contribution is 0.0915. The smallest absolute Gasteiger partial charge is 0.0613 e. The number of aliphatic hydroxyl groups excluding tert-OH is 1. The van der Waals surface area contributed by atoms with Gasteiger partial charge in [-0.1, -0.05) is 6.42 Å². The van der Waals surface area contributed by atoms with Gasteiger partial charge in [0.1, 0.15) is 0 Å². The van der Waals surface area contributed by atoms with Gasteiger partial charge in [-0.25, -0.2) is 0 Å². The Morgan fingerprint density at radius 2 is 2.05 bits per heavy atom. The molecule has 1 saturated heterocycles. The Labute approximate surface area is 117 Å². The molecule has 0 aromatic heterocycles. The largest absolute Gasteiger partial charge is 0.394 e. The van der Waals surface area contributed by atoms with E-state index < -0.39 is 0 Å². The Kier molecular flexibility index (Phi) is 5.63. The highest BCUT2D eigenvalue weighted by molar-refractivity contribution is 4.96. The Morgan fingerprint density at radius 3 is 2.68 bits per heavy atom. The van der Waals surface area contributed by atoms with Gasteiger partial charge < -0.3 is 20.5 Å². The third-order valence-electron chi connectivity index (χ3n) is 5.21. The monoisotopic (exact) mass is 270 g/mol. The first-order valence-electron chi connectivity index (χ1n) is 7.79. The van der Waals surface area contributed by atoms with Crippen molar-refractivity contribution < 1.29 is 9.84 Å². The van der Waals surface area contributed by atoms with Crippen LogP contribution in [0, 0.1) is 11.8 Å². The minimum atomic E-state index is -0.297. The van der Waals surface area contributed by atoms with E-state index in [1.807, 2.05) is 0 Å². The van der Waals surface area contributed by atoms with E-state index >= 15 is 0 Å². The van der Waals surface area contributed by atoms with Crippen molar-refractivity contribution >= 4 is 0 Å². The summed E-state index contributed by atoms with van der Waals surface area (Å²) in [7, 11) is 1.79. The first kappa shape index (κ1) is 15.2. The molecule has 0 spiro atoms. The van der Waals surface area contributed by atoms with Gasteiger partial charge in [0, 0.05) is 19.3 Å². The molecule has 0 radical (unpaired) electrons. The average molecular weight is 270 g/mol. The molecule has 1 saturated carbocycles. The number of hydrogen-bond acceptors (Lipinski definition) is 4. The highest BCUT2D eigenvalue weighted by Crippen LogP contribution is 2.36. The summed E-state index contributed by atoms with van der Waals surface area (Å²) in [6.45, 7) is 4.58. The van der Waals surface area contributed by atoms with Crippen LogP contribution in [0.25, 0.3) is 0 Å². The fourth-order valence-corrected chi connectivity index (χ4v) is 3.76. The van der Waals surface area contributed by atoms with Crippen LogP contribution >= 0.6 is 0 Å². The molecule has 112 valence electrons. The Balaban J connectivity index is 1.69. The summed E-state index contributed by atoms with van der Waals surface area (Å²) < 4.78 is 5.24. The van der Waals surface area contributed by atoms with E-state index in [2.05, 4.69) is 4.90 Å². The average Bonchev–Trinajstić information content (AvgIpc) is 2.80. The van der Waals surface area contributed by atoms with Gasteiger partial charge in [-0.2, -0.15) is 0 Å². The molecule has 3 N–H and O–H groups in total. The number of hydrogen-bond donors (Lipinski definition) is 2. The lowest BCUT2D eigenvalue weighted by atomic mass is 9.86. The zero-order chi connectivity index (χ0) is 13.7. The van der Waals surface area contributed by atoms with Crippen LogP contribution in [0.5, 0.6) is 0 Å². The van der Waals surface area contributed by atoms with Gasteiger partial charge in [0.15, 0.2) is 0 Å². The Morgan fingerprint density at radius 1 is 1.32 bits per heavy atom. The predicted octanol–water partition coefficient (Wildman–Crippen LogP) is 1.22. The topological polar surface area (TPSA) is 58.7 Å². The third-order valence-corrected chi connectivity index (χ3v) is 5.21. The van der Waals surface area contributed by atoms with Crippen molar-refractivity contribution in [3.63, 3.8) is 0 Å². The highest BCUT2D eigenvalue weighted by atomic mass is 16.5. The molecule has 19 heavy (non-hydrogen) atoms. The fraction of sp³-hybridized carbons (Fsp3) is 1.00. The predicted molar refractivity (Wildman–Crippen MR) is 77.0 cm³/mol. The maximum atomic E-state index is 9.47. The third kappa shape index (κ3) is 3.91. The molecular formula is C15H30N2O2. The Hall–Kier alpha value is -0.160. The maximum Gasteiger partial charge on any atom is 0.0613 e. The summed E-state index contributed by atoms with van der Waals surface area (Å²) in [4.78, 5) is 2.56. The minimum Gasteiger partial charge on any atom is -0.394 e. The molecule has 2 aliphatic rings. The van der Waals surface area contributed by atoms with E-state index in [0.29, 0.717) is 5.92 Å². The van der Waals surface area contributed by atoms with Crippen molar-refractivity contribution in [2.24, 2.45) is 17.6 Å². The maximum absolute atomic E-state index is 9.47. The van der Waals surface area contributed by atoms with Crippen molar-refractivity contribution in [2.45, 2.75) is 44.1 Å². The Bertz CT molecular complexity index is 267. The molecule has 1 heterocycles. The van der Waals surface area contributed by atoms with Crippen LogP contribution in [0.15, 0.2) is 0 Å². The lowest BCUT2D eigenvalue weighted by Crippen LogP contribution is -2.48. The number of methoxy groups -OCH3 is 1. The number of ether oxygens (including phenoxy) is 1. The molecule has 2 unspecified atom stereocenters. The van der Waals surface area contributed by atoms with E-state index in [1.54, 1.807) is 7.11 Å². The normalized spacial score (nSPS) is 33.9. The number of nitrogens with two attached hydrogens (primary N) is 1. The molecule has 4 nitrogen and oxygen atoms in total. The molecular weight excluding hydrogens is 240 g/mol. The highest BCUT2D eigenvalue weighted by Gasteiger charge is 2.38. The van der Waals surface area contributed by atoms with E-state index in [-0.39, 0.29) is 12.1 Å². The van der Waals surface area contributed by atoms with Crippen LogP contribution in [0.4, 0.5) is 0 Å². The van der Waals surface area contributed by atoms with Crippen molar-refractivity contribution in [1.29, 1.82) is 0 Å². The molecule has 1 aliphatic carbocycles. The standard InChI is InChI=1S/C15H30N2O2/c1-19-11-13-4-8-17(9-5-13)10-6-14-3-2-7-15(14,16)12-18/h13-14,18H,2-12,16H2,1H3. The summed E-state index contributed by atoms with van der Waals surface area (Å²) >= 11 is 0. The first-order valence-corrected chi connectivity index (χ1v) is 7.79. The molecule has 0 bridgehead atoms. The van der Waals surface area contributed by atoms with Crippen molar-refractivity contribution in [1.82, 2.24) is 4.90 Å². The molecule has 2 fully saturated rings. The zero-order valence-electron chi connectivity index (χ0n) is 12.3. The van der Waals surface area contributed by atoms with E-state index in [9.17, 15) is 5.11 Å². The summed E-state index contributed by atoms with van der Waals surface area (Å²) in [6, 6.07) is 0. The van der Waals surface area contributed by atoms with Gasteiger partial charge in [-0.3, -0.25) is 0 Å². The van der Waals surface area contributed by atoms with Crippen LogP contribution in [0.2, 0.25) is 0 Å². The van der Waals surface area contributed by atoms with Gasteiger partial charge in [0.2, 0.25) is 0 Å². The summed E-state index contributed by atoms with van der Waals surface area (Å²) in [5.74, 6) is 1.26. The van der Waals surface area contributed by atoms with Crippen molar-refractivity contribution in [3.8, 4) is 0 Å². The summed E-state index contributed by atoms with van der Waals surface area (Å²) in [5, 5.41) is 9.47. The SMILES string of the molecule is COCC1CCN(CCC2CCCC2(N)CO)CC1. The van der Waals surface area contributed by atoms with Gasteiger partial charge in [-0.05, 0) is 63.6 Å². The zero-order valence-corrected chi connectivity index (χ0v) is 12.3. The molecule has 4 heteroatoms. The second-order valence-corrected chi connectivity index (χ2v) is 6.51. The number of aliphatic hydroxyl groups is 1. The van der Waals surface area contributed by atoms with Crippen LogP contribution in [0.1, 0.15) is 38.5 Å². The van der Waals surface area contributed by atoms with Gasteiger partial charge in [0.25, 0.3) is 0 Å². The summed E-state index contributed by atoms with van der Waals surface area (Å²) in [6.07, 6.45) is 7.02. The number of rotatable bonds is 6. The summed E-state index contributed by atoms with van der Waals surface area (Å²) in [5.41, 5.74) is 6.00. The molecule has 2 rings (SSSR count). The van der Waals surface area contributed by atoms with Gasteiger partial charge in [0.05, 0.1) is 6.61 Å². The van der Waals surface area contributed by atoms with E-state index in [0.717, 1.165) is 31.9 Å². The molecule has 2 atom stereocenters. The fourth-order valence-electron chi connectivity index (χ4n) is 3.76. The van der Waals surface area contributed by atoms with Crippen LogP contribution in [-0.2, 0) is 4.74 Å². The molecule has 0 aromatic rings. The lowest BCUT2D eigenvalue weighted by Gasteiger charge is -2.34. The van der Waals surface area contributed by atoms with Crippen LogP contribution < -0.4 is 5.73 Å². The number of likely N-dealkylation sites (tertiary alicyclic amines) is 1. The van der Waals surface area contributed by atoms with Crippen LogP contribution in [-0.4, -0.2) is 55.5 Å². The van der Waals surface area contributed by atoms with Crippen molar-refractivity contribution in [2.75, 3.05) is 40.0 Å². The van der Waals surface area contributed by atoms with E-state index in [1.165, 1.54) is 38.8 Å². The first-order chi connectivity index (χ1) is 9.18.